The van der Waals surface area contributed by atoms with Crippen LogP contribution in [-0.2, 0) is 6.54 Å². The monoisotopic (exact) mass is 366 g/mol. The van der Waals surface area contributed by atoms with Gasteiger partial charge in [-0.1, -0.05) is 0 Å². The Morgan fingerprint density at radius 3 is 2.50 bits per heavy atom. The van der Waals surface area contributed by atoms with Crippen molar-refractivity contribution in [2.24, 2.45) is 5.92 Å². The van der Waals surface area contributed by atoms with Crippen LogP contribution >= 0.6 is 0 Å². The highest BCUT2D eigenvalue weighted by Crippen LogP contribution is 2.25. The maximum Gasteiger partial charge on any atom is 0.263 e. The summed E-state index contributed by atoms with van der Waals surface area (Å²) in [5, 5.41) is 0. The number of piperidine rings is 1. The number of carbonyl (C=O) groups excluding carboxylic acids is 1. The van der Waals surface area contributed by atoms with E-state index < -0.39 is 17.5 Å². The average molecular weight is 366 g/mol. The molecule has 0 unspecified atom stereocenters. The van der Waals surface area contributed by atoms with Crippen molar-refractivity contribution in [2.75, 3.05) is 13.1 Å². The molecule has 1 aliphatic heterocycles. The van der Waals surface area contributed by atoms with Crippen LogP contribution in [0.25, 0.3) is 0 Å². The summed E-state index contributed by atoms with van der Waals surface area (Å²) in [5.74, 6) is -2.02. The van der Waals surface area contributed by atoms with Crippen LogP contribution in [0, 0.1) is 23.4 Å². The number of halogens is 3. The Labute approximate surface area is 150 Å². The van der Waals surface area contributed by atoms with E-state index in [1.807, 2.05) is 4.90 Å². The molecule has 0 N–H and O–H groups in total. The zero-order valence-corrected chi connectivity index (χ0v) is 14.4. The first-order chi connectivity index (χ1) is 12.5. The molecule has 26 heavy (non-hydrogen) atoms. The van der Waals surface area contributed by atoms with Crippen LogP contribution in [0.15, 0.2) is 29.0 Å². The molecule has 0 saturated carbocycles. The number of ketones is 1. The minimum absolute atomic E-state index is 0.0820. The third-order valence-corrected chi connectivity index (χ3v) is 4.88. The van der Waals surface area contributed by atoms with E-state index in [2.05, 4.69) is 4.98 Å². The van der Waals surface area contributed by atoms with Crippen LogP contribution in [0.2, 0.25) is 0 Å². The number of aromatic nitrogens is 1. The van der Waals surface area contributed by atoms with E-state index >= 15 is 0 Å². The molecule has 0 bridgehead atoms. The molecule has 7 heteroatoms. The lowest BCUT2D eigenvalue weighted by molar-refractivity contribution is 0.0940. The van der Waals surface area contributed by atoms with Gasteiger partial charge in [-0.2, -0.15) is 0 Å². The Kier molecular flexibility index (Phi) is 6.08. The Morgan fingerprint density at radius 2 is 1.88 bits per heavy atom. The number of oxazole rings is 1. The molecule has 1 fully saturated rings. The van der Waals surface area contributed by atoms with E-state index in [1.54, 1.807) is 0 Å². The molecule has 1 aliphatic rings. The predicted molar refractivity (Wildman–Crippen MR) is 89.0 cm³/mol. The van der Waals surface area contributed by atoms with E-state index in [0.717, 1.165) is 50.9 Å². The van der Waals surface area contributed by atoms with Crippen molar-refractivity contribution in [3.63, 3.8) is 0 Å². The van der Waals surface area contributed by atoms with Crippen molar-refractivity contribution in [3.05, 3.63) is 53.5 Å². The fourth-order valence-corrected chi connectivity index (χ4v) is 3.40. The van der Waals surface area contributed by atoms with Gasteiger partial charge in [0.2, 0.25) is 5.78 Å². The van der Waals surface area contributed by atoms with Gasteiger partial charge < -0.3 is 4.42 Å². The van der Waals surface area contributed by atoms with Gasteiger partial charge in [-0.15, -0.1) is 0 Å². The number of nitrogens with zero attached hydrogens (tertiary/aromatic N) is 2. The standard InChI is InChI=1S/C19H21F3N2O2/c20-14-10-16(21)15(17(22)11-14)12-24-7-4-13(5-8-24)2-1-3-18(25)19-23-6-9-26-19/h6,9-11,13H,1-5,7-8,12H2. The van der Waals surface area contributed by atoms with Gasteiger partial charge in [0.25, 0.3) is 5.89 Å². The quantitative estimate of drug-likeness (QED) is 0.683. The molecular weight excluding hydrogens is 345 g/mol. The van der Waals surface area contributed by atoms with E-state index in [1.165, 1.54) is 12.5 Å². The van der Waals surface area contributed by atoms with Gasteiger partial charge in [0.1, 0.15) is 23.7 Å². The van der Waals surface area contributed by atoms with Gasteiger partial charge in [-0.25, -0.2) is 18.2 Å². The first-order valence-electron chi connectivity index (χ1n) is 8.81. The summed E-state index contributed by atoms with van der Waals surface area (Å²) in [6.07, 6.45) is 6.78. The molecule has 1 aromatic heterocycles. The van der Waals surface area contributed by atoms with Crippen molar-refractivity contribution in [3.8, 4) is 0 Å². The van der Waals surface area contributed by atoms with Crippen LogP contribution in [0.5, 0.6) is 0 Å². The molecule has 2 heterocycles. The number of carbonyl (C=O) groups is 1. The Hall–Kier alpha value is -2.15. The molecule has 0 radical (unpaired) electrons. The SMILES string of the molecule is O=C(CCCC1CCN(Cc2c(F)cc(F)cc2F)CC1)c1ncco1. The highest BCUT2D eigenvalue weighted by atomic mass is 19.1. The number of hydrogen-bond acceptors (Lipinski definition) is 4. The van der Waals surface area contributed by atoms with Crippen LogP contribution in [-0.4, -0.2) is 28.8 Å². The molecule has 0 aliphatic carbocycles. The van der Waals surface area contributed by atoms with E-state index in [4.69, 9.17) is 4.42 Å². The summed E-state index contributed by atoms with van der Waals surface area (Å²) in [7, 11) is 0. The number of rotatable bonds is 7. The van der Waals surface area contributed by atoms with Gasteiger partial charge in [0.05, 0.1) is 6.20 Å². The molecule has 2 aromatic rings. The second kappa shape index (κ2) is 8.49. The maximum atomic E-state index is 13.8. The van der Waals surface area contributed by atoms with Crippen molar-refractivity contribution in [1.82, 2.24) is 9.88 Å². The molecule has 0 spiro atoms. The molecular formula is C19H21F3N2O2. The van der Waals surface area contributed by atoms with Gasteiger partial charge in [-0.3, -0.25) is 9.69 Å². The fraction of sp³-hybridized carbons (Fsp3) is 0.474. The Morgan fingerprint density at radius 1 is 1.19 bits per heavy atom. The zero-order valence-electron chi connectivity index (χ0n) is 14.4. The molecule has 0 atom stereocenters. The van der Waals surface area contributed by atoms with Crippen molar-refractivity contribution >= 4 is 5.78 Å². The highest BCUT2D eigenvalue weighted by Gasteiger charge is 2.22. The van der Waals surface area contributed by atoms with Crippen molar-refractivity contribution < 1.29 is 22.4 Å². The van der Waals surface area contributed by atoms with Crippen LogP contribution in [0.1, 0.15) is 48.4 Å². The summed E-state index contributed by atoms with van der Waals surface area (Å²) in [4.78, 5) is 17.7. The normalized spacial score (nSPS) is 16.1. The lowest BCUT2D eigenvalue weighted by Crippen LogP contribution is -2.33. The smallest absolute Gasteiger partial charge is 0.263 e. The first-order valence-corrected chi connectivity index (χ1v) is 8.81. The minimum atomic E-state index is -0.901. The second-order valence-electron chi connectivity index (χ2n) is 6.72. The highest BCUT2D eigenvalue weighted by molar-refractivity contribution is 5.91. The number of Topliss-reactive ketones (excluding diaryl/α,β-unsaturated/α-hetero) is 1. The lowest BCUT2D eigenvalue weighted by Gasteiger charge is -2.32. The minimum Gasteiger partial charge on any atom is -0.442 e. The summed E-state index contributed by atoms with van der Waals surface area (Å²) in [5.41, 5.74) is -0.0820. The topological polar surface area (TPSA) is 46.3 Å². The average Bonchev–Trinajstić information content (AvgIpc) is 3.14. The van der Waals surface area contributed by atoms with Crippen LogP contribution in [0.3, 0.4) is 0 Å². The summed E-state index contributed by atoms with van der Waals surface area (Å²) in [6, 6.07) is 1.44. The molecule has 0 amide bonds. The third-order valence-electron chi connectivity index (χ3n) is 4.88. The van der Waals surface area contributed by atoms with E-state index in [-0.39, 0.29) is 23.8 Å². The summed E-state index contributed by atoms with van der Waals surface area (Å²) >= 11 is 0. The van der Waals surface area contributed by atoms with Gasteiger partial charge >= 0.3 is 0 Å². The summed E-state index contributed by atoms with van der Waals surface area (Å²) < 4.78 is 45.5. The van der Waals surface area contributed by atoms with Gasteiger partial charge in [0, 0.05) is 30.7 Å². The summed E-state index contributed by atoms with van der Waals surface area (Å²) in [6.45, 7) is 1.61. The second-order valence-corrected chi connectivity index (χ2v) is 6.72. The maximum absolute atomic E-state index is 13.8. The zero-order chi connectivity index (χ0) is 18.5. The first kappa shape index (κ1) is 18.6. The van der Waals surface area contributed by atoms with Crippen molar-refractivity contribution in [2.45, 2.75) is 38.6 Å². The number of likely N-dealkylation sites (tertiary alicyclic amines) is 1. The van der Waals surface area contributed by atoms with Crippen molar-refractivity contribution in [1.29, 1.82) is 0 Å². The Bertz CT molecular complexity index is 718. The lowest BCUT2D eigenvalue weighted by atomic mass is 9.91. The molecule has 3 rings (SSSR count). The molecule has 140 valence electrons. The molecule has 1 aromatic carbocycles. The van der Waals surface area contributed by atoms with Crippen LogP contribution < -0.4 is 0 Å². The van der Waals surface area contributed by atoms with Gasteiger partial charge in [0.15, 0.2) is 0 Å². The number of hydrogen-bond donors (Lipinski definition) is 0. The molecule has 4 nitrogen and oxygen atoms in total. The number of benzene rings is 1. The predicted octanol–water partition coefficient (Wildman–Crippen LogP) is 4.36. The van der Waals surface area contributed by atoms with Gasteiger partial charge in [-0.05, 0) is 44.7 Å². The Balaban J connectivity index is 1.41. The fourth-order valence-electron chi connectivity index (χ4n) is 3.40. The van der Waals surface area contributed by atoms with Crippen LogP contribution in [0.4, 0.5) is 13.2 Å². The molecule has 1 saturated heterocycles. The largest absolute Gasteiger partial charge is 0.442 e. The third kappa shape index (κ3) is 4.72. The van der Waals surface area contributed by atoms with E-state index in [0.29, 0.717) is 12.3 Å². The van der Waals surface area contributed by atoms with E-state index in [9.17, 15) is 18.0 Å².